The Bertz CT molecular complexity index is 736. The molecule has 0 radical (unpaired) electrons. The number of ether oxygens (including phenoxy) is 1. The van der Waals surface area contributed by atoms with E-state index in [1.54, 1.807) is 6.07 Å². The molecule has 0 saturated heterocycles. The standard InChI is InChI=1S/C16H11F2NO2/c1-10(20)12-3-5-16(15(18)7-12)21-9-11-2-4-14(17)13(6-11)8-19/h2-7H,9H2,1H3. The van der Waals surface area contributed by atoms with Crippen LogP contribution in [0.2, 0.25) is 0 Å². The van der Waals surface area contributed by atoms with Gasteiger partial charge in [-0.2, -0.15) is 5.26 Å². The molecule has 0 heterocycles. The maximum Gasteiger partial charge on any atom is 0.165 e. The van der Waals surface area contributed by atoms with Crippen LogP contribution in [0.5, 0.6) is 5.75 Å². The number of nitriles is 1. The van der Waals surface area contributed by atoms with E-state index in [2.05, 4.69) is 0 Å². The highest BCUT2D eigenvalue weighted by atomic mass is 19.1. The van der Waals surface area contributed by atoms with Crippen LogP contribution in [0.1, 0.15) is 28.4 Å². The predicted molar refractivity (Wildman–Crippen MR) is 71.9 cm³/mol. The number of carbonyl (C=O) groups is 1. The highest BCUT2D eigenvalue weighted by Gasteiger charge is 2.08. The van der Waals surface area contributed by atoms with Gasteiger partial charge in [0, 0.05) is 5.56 Å². The highest BCUT2D eigenvalue weighted by molar-refractivity contribution is 5.94. The molecular formula is C16H11F2NO2. The number of ketones is 1. The highest BCUT2D eigenvalue weighted by Crippen LogP contribution is 2.20. The number of halogens is 2. The Balaban J connectivity index is 2.13. The van der Waals surface area contributed by atoms with Crippen LogP contribution in [0.3, 0.4) is 0 Å². The predicted octanol–water partition coefficient (Wildman–Crippen LogP) is 3.62. The summed E-state index contributed by atoms with van der Waals surface area (Å²) < 4.78 is 32.2. The van der Waals surface area contributed by atoms with E-state index in [1.807, 2.05) is 0 Å². The summed E-state index contributed by atoms with van der Waals surface area (Å²) in [7, 11) is 0. The molecule has 0 aliphatic rings. The van der Waals surface area contributed by atoms with E-state index in [0.29, 0.717) is 5.56 Å². The summed E-state index contributed by atoms with van der Waals surface area (Å²) >= 11 is 0. The summed E-state index contributed by atoms with van der Waals surface area (Å²) in [5.74, 6) is -1.51. The van der Waals surface area contributed by atoms with Gasteiger partial charge in [-0.15, -0.1) is 0 Å². The van der Waals surface area contributed by atoms with Gasteiger partial charge < -0.3 is 4.74 Å². The Morgan fingerprint density at radius 3 is 2.57 bits per heavy atom. The number of nitrogens with zero attached hydrogens (tertiary/aromatic N) is 1. The summed E-state index contributed by atoms with van der Waals surface area (Å²) in [6.45, 7) is 1.34. The minimum Gasteiger partial charge on any atom is -0.486 e. The minimum atomic E-state index is -0.648. The smallest absolute Gasteiger partial charge is 0.165 e. The van der Waals surface area contributed by atoms with E-state index in [0.717, 1.165) is 12.1 Å². The van der Waals surface area contributed by atoms with Crippen LogP contribution in [0.4, 0.5) is 8.78 Å². The molecule has 0 amide bonds. The molecule has 21 heavy (non-hydrogen) atoms. The Kier molecular flexibility index (Phi) is 4.29. The second-order valence-electron chi connectivity index (χ2n) is 4.42. The molecule has 5 heteroatoms. The Labute approximate surface area is 120 Å². The third kappa shape index (κ3) is 3.42. The summed E-state index contributed by atoms with van der Waals surface area (Å²) in [6, 6.07) is 9.61. The van der Waals surface area contributed by atoms with Crippen LogP contribution in [0, 0.1) is 23.0 Å². The van der Waals surface area contributed by atoms with E-state index in [4.69, 9.17) is 10.00 Å². The maximum absolute atomic E-state index is 13.7. The van der Waals surface area contributed by atoms with E-state index >= 15 is 0 Å². The van der Waals surface area contributed by atoms with Crippen molar-refractivity contribution in [1.82, 2.24) is 0 Å². The zero-order valence-electron chi connectivity index (χ0n) is 11.2. The average molecular weight is 287 g/mol. The number of Topliss-reactive ketones (excluding diaryl/α,β-unsaturated/α-hetero) is 1. The average Bonchev–Trinajstić information content (AvgIpc) is 2.47. The fraction of sp³-hybridized carbons (Fsp3) is 0.125. The molecule has 0 aliphatic heterocycles. The topological polar surface area (TPSA) is 50.1 Å². The number of carbonyl (C=O) groups excluding carboxylic acids is 1. The quantitative estimate of drug-likeness (QED) is 0.807. The van der Waals surface area contributed by atoms with Crippen molar-refractivity contribution in [1.29, 1.82) is 5.26 Å². The number of benzene rings is 2. The normalized spacial score (nSPS) is 10.0. The number of hydrogen-bond donors (Lipinski definition) is 0. The van der Waals surface area contributed by atoms with Gasteiger partial charge >= 0.3 is 0 Å². The summed E-state index contributed by atoms with van der Waals surface area (Å²) in [5, 5.41) is 8.73. The SMILES string of the molecule is CC(=O)c1ccc(OCc2ccc(F)c(C#N)c2)c(F)c1. The van der Waals surface area contributed by atoms with Crippen LogP contribution in [0.25, 0.3) is 0 Å². The summed E-state index contributed by atoms with van der Waals surface area (Å²) in [5.41, 5.74) is 0.708. The van der Waals surface area contributed by atoms with Gasteiger partial charge in [-0.3, -0.25) is 4.79 Å². The van der Waals surface area contributed by atoms with Crippen LogP contribution >= 0.6 is 0 Å². The van der Waals surface area contributed by atoms with Gasteiger partial charge in [-0.05, 0) is 42.8 Å². The van der Waals surface area contributed by atoms with Crippen LogP contribution in [-0.4, -0.2) is 5.78 Å². The molecule has 2 rings (SSSR count). The fourth-order valence-corrected chi connectivity index (χ4v) is 1.75. The van der Waals surface area contributed by atoms with E-state index in [1.165, 1.54) is 31.2 Å². The molecular weight excluding hydrogens is 276 g/mol. The first-order valence-corrected chi connectivity index (χ1v) is 6.13. The van der Waals surface area contributed by atoms with Crippen molar-refractivity contribution in [3.63, 3.8) is 0 Å². The molecule has 3 nitrogen and oxygen atoms in total. The zero-order valence-corrected chi connectivity index (χ0v) is 11.2. The van der Waals surface area contributed by atoms with Gasteiger partial charge in [0.05, 0.1) is 5.56 Å². The fourth-order valence-electron chi connectivity index (χ4n) is 1.75. The molecule has 106 valence electrons. The monoisotopic (exact) mass is 287 g/mol. The van der Waals surface area contributed by atoms with Gasteiger partial charge in [0.25, 0.3) is 0 Å². The van der Waals surface area contributed by atoms with Crippen LogP contribution in [-0.2, 0) is 6.61 Å². The second kappa shape index (κ2) is 6.14. The van der Waals surface area contributed by atoms with E-state index in [9.17, 15) is 13.6 Å². The van der Waals surface area contributed by atoms with Crippen molar-refractivity contribution in [2.75, 3.05) is 0 Å². The van der Waals surface area contributed by atoms with Crippen molar-refractivity contribution in [3.05, 3.63) is 64.7 Å². The third-order valence-electron chi connectivity index (χ3n) is 2.88. The number of hydrogen-bond acceptors (Lipinski definition) is 3. The Hall–Kier alpha value is -2.74. The maximum atomic E-state index is 13.7. The molecule has 0 N–H and O–H groups in total. The molecule has 0 spiro atoms. The first-order chi connectivity index (χ1) is 10.0. The van der Waals surface area contributed by atoms with Gasteiger partial charge in [-0.25, -0.2) is 8.78 Å². The number of rotatable bonds is 4. The molecule has 0 aromatic heterocycles. The van der Waals surface area contributed by atoms with Crippen molar-refractivity contribution < 1.29 is 18.3 Å². The van der Waals surface area contributed by atoms with Crippen molar-refractivity contribution in [2.45, 2.75) is 13.5 Å². The largest absolute Gasteiger partial charge is 0.486 e. The molecule has 0 fully saturated rings. The summed E-state index contributed by atoms with van der Waals surface area (Å²) in [4.78, 5) is 11.1. The zero-order chi connectivity index (χ0) is 15.4. The third-order valence-corrected chi connectivity index (χ3v) is 2.88. The molecule has 0 unspecified atom stereocenters. The summed E-state index contributed by atoms with van der Waals surface area (Å²) in [6.07, 6.45) is 0. The second-order valence-corrected chi connectivity index (χ2v) is 4.42. The first kappa shape index (κ1) is 14.7. The molecule has 0 atom stereocenters. The van der Waals surface area contributed by atoms with Crippen molar-refractivity contribution in [3.8, 4) is 11.8 Å². The first-order valence-electron chi connectivity index (χ1n) is 6.13. The van der Waals surface area contributed by atoms with E-state index in [-0.39, 0.29) is 29.3 Å². The van der Waals surface area contributed by atoms with Crippen molar-refractivity contribution >= 4 is 5.78 Å². The molecule has 0 bridgehead atoms. The van der Waals surface area contributed by atoms with Crippen LogP contribution in [0.15, 0.2) is 36.4 Å². The lowest BCUT2D eigenvalue weighted by molar-refractivity contribution is 0.101. The molecule has 2 aromatic rings. The lowest BCUT2D eigenvalue weighted by atomic mass is 10.1. The lowest BCUT2D eigenvalue weighted by Crippen LogP contribution is -2.00. The van der Waals surface area contributed by atoms with Gasteiger partial charge in [0.15, 0.2) is 17.3 Å². The van der Waals surface area contributed by atoms with Crippen molar-refractivity contribution in [2.24, 2.45) is 0 Å². The van der Waals surface area contributed by atoms with E-state index < -0.39 is 11.6 Å². The molecule has 0 aliphatic carbocycles. The van der Waals surface area contributed by atoms with Crippen LogP contribution < -0.4 is 4.74 Å². The molecule has 0 saturated carbocycles. The van der Waals surface area contributed by atoms with Gasteiger partial charge in [0.1, 0.15) is 18.5 Å². The Morgan fingerprint density at radius 1 is 1.19 bits per heavy atom. The Morgan fingerprint density at radius 2 is 1.95 bits per heavy atom. The van der Waals surface area contributed by atoms with Gasteiger partial charge in [-0.1, -0.05) is 6.07 Å². The van der Waals surface area contributed by atoms with Gasteiger partial charge in [0.2, 0.25) is 0 Å². The lowest BCUT2D eigenvalue weighted by Gasteiger charge is -2.08. The minimum absolute atomic E-state index is 0.00863. The molecule has 2 aromatic carbocycles.